The van der Waals surface area contributed by atoms with E-state index in [1.807, 2.05) is 11.9 Å². The minimum Gasteiger partial charge on any atom is -0.346 e. The molecule has 2 heterocycles. The van der Waals surface area contributed by atoms with Gasteiger partial charge in [-0.1, -0.05) is 6.08 Å². The molecule has 0 atom stereocenters. The topological polar surface area (TPSA) is 40.6 Å². The summed E-state index contributed by atoms with van der Waals surface area (Å²) < 4.78 is 0. The number of likely N-dealkylation sites (tertiary alicyclic amines) is 2. The van der Waals surface area contributed by atoms with Crippen LogP contribution in [0.5, 0.6) is 0 Å². The van der Waals surface area contributed by atoms with E-state index in [0.29, 0.717) is 5.91 Å². The first-order valence-electron chi connectivity index (χ1n) is 5.77. The van der Waals surface area contributed by atoms with Crippen molar-refractivity contribution in [2.24, 2.45) is 0 Å². The van der Waals surface area contributed by atoms with Crippen molar-refractivity contribution in [3.8, 4) is 0 Å². The summed E-state index contributed by atoms with van der Waals surface area (Å²) in [6.07, 6.45) is 5.33. The smallest absolute Gasteiger partial charge is 0.222 e. The van der Waals surface area contributed by atoms with Crippen molar-refractivity contribution >= 4 is 11.8 Å². The standard InChI is InChI=1S/C7H11NO.C5H9NO/c1-2-5-8-6-3-4-7(8)9;1-6-4-2-3-5(6)7/h2H,1,3-6H2;2-4H2,1H3. The van der Waals surface area contributed by atoms with Crippen molar-refractivity contribution < 1.29 is 9.59 Å². The van der Waals surface area contributed by atoms with Crippen molar-refractivity contribution in [1.29, 1.82) is 0 Å². The first kappa shape index (κ1) is 12.7. The second kappa shape index (κ2) is 6.30. The van der Waals surface area contributed by atoms with Gasteiger partial charge in [0.25, 0.3) is 0 Å². The van der Waals surface area contributed by atoms with Crippen LogP contribution in [0.4, 0.5) is 0 Å². The number of hydrogen-bond acceptors (Lipinski definition) is 2. The van der Waals surface area contributed by atoms with Crippen LogP contribution in [0.25, 0.3) is 0 Å². The monoisotopic (exact) mass is 224 g/mol. The molecule has 0 saturated carbocycles. The molecule has 90 valence electrons. The first-order valence-corrected chi connectivity index (χ1v) is 5.77. The fraction of sp³-hybridized carbons (Fsp3) is 0.667. The summed E-state index contributed by atoms with van der Waals surface area (Å²) in [4.78, 5) is 24.9. The van der Waals surface area contributed by atoms with E-state index in [9.17, 15) is 9.59 Å². The first-order chi connectivity index (χ1) is 7.65. The molecule has 0 spiro atoms. The van der Waals surface area contributed by atoms with Gasteiger partial charge in [0, 0.05) is 39.5 Å². The zero-order valence-corrected chi connectivity index (χ0v) is 9.95. The molecule has 0 aromatic rings. The highest BCUT2D eigenvalue weighted by Gasteiger charge is 2.17. The van der Waals surface area contributed by atoms with E-state index >= 15 is 0 Å². The van der Waals surface area contributed by atoms with Crippen LogP contribution in [0.1, 0.15) is 25.7 Å². The van der Waals surface area contributed by atoms with Gasteiger partial charge in [0.15, 0.2) is 0 Å². The second-order valence-electron chi connectivity index (χ2n) is 4.15. The summed E-state index contributed by atoms with van der Waals surface area (Å²) in [6, 6.07) is 0. The number of hydrogen-bond donors (Lipinski definition) is 0. The molecule has 0 radical (unpaired) electrons. The highest BCUT2D eigenvalue weighted by molar-refractivity contribution is 5.78. The van der Waals surface area contributed by atoms with E-state index in [1.54, 1.807) is 11.0 Å². The van der Waals surface area contributed by atoms with Gasteiger partial charge in [0.1, 0.15) is 0 Å². The van der Waals surface area contributed by atoms with Gasteiger partial charge >= 0.3 is 0 Å². The Morgan fingerprint density at radius 3 is 2.12 bits per heavy atom. The highest BCUT2D eigenvalue weighted by atomic mass is 16.2. The lowest BCUT2D eigenvalue weighted by atomic mass is 10.4. The summed E-state index contributed by atoms with van der Waals surface area (Å²) in [7, 11) is 1.84. The third-order valence-electron chi connectivity index (χ3n) is 2.83. The average Bonchev–Trinajstić information content (AvgIpc) is 2.81. The largest absolute Gasteiger partial charge is 0.346 e. The SMILES string of the molecule is C=CCN1CCCC1=O.CN1CCCC1=O. The number of nitrogens with zero attached hydrogens (tertiary/aromatic N) is 2. The fourth-order valence-electron chi connectivity index (χ4n) is 1.84. The lowest BCUT2D eigenvalue weighted by molar-refractivity contribution is -0.127. The average molecular weight is 224 g/mol. The number of rotatable bonds is 2. The van der Waals surface area contributed by atoms with Crippen LogP contribution in [0.15, 0.2) is 12.7 Å². The molecule has 0 N–H and O–H groups in total. The van der Waals surface area contributed by atoms with Crippen molar-refractivity contribution in [2.75, 3.05) is 26.7 Å². The van der Waals surface area contributed by atoms with Crippen LogP contribution < -0.4 is 0 Å². The molecule has 2 fully saturated rings. The molecular formula is C12H20N2O2. The van der Waals surface area contributed by atoms with Gasteiger partial charge < -0.3 is 9.80 Å². The lowest BCUT2D eigenvalue weighted by Gasteiger charge is -2.10. The van der Waals surface area contributed by atoms with Crippen molar-refractivity contribution in [3.05, 3.63) is 12.7 Å². The second-order valence-corrected chi connectivity index (χ2v) is 4.15. The maximum Gasteiger partial charge on any atom is 0.222 e. The maximum atomic E-state index is 10.8. The van der Waals surface area contributed by atoms with Gasteiger partial charge in [-0.05, 0) is 12.8 Å². The number of carbonyl (C=O) groups excluding carboxylic acids is 2. The van der Waals surface area contributed by atoms with E-state index in [4.69, 9.17) is 0 Å². The van der Waals surface area contributed by atoms with Crippen LogP contribution in [0, 0.1) is 0 Å². The molecule has 2 rings (SSSR count). The Hall–Kier alpha value is -1.32. The van der Waals surface area contributed by atoms with Crippen LogP contribution in [0.2, 0.25) is 0 Å². The molecule has 2 saturated heterocycles. The molecule has 4 heteroatoms. The van der Waals surface area contributed by atoms with Crippen molar-refractivity contribution in [1.82, 2.24) is 9.80 Å². The van der Waals surface area contributed by atoms with Crippen molar-refractivity contribution in [3.63, 3.8) is 0 Å². The quantitative estimate of drug-likeness (QED) is 0.657. The molecule has 16 heavy (non-hydrogen) atoms. The maximum absolute atomic E-state index is 10.8. The fourth-order valence-corrected chi connectivity index (χ4v) is 1.84. The Labute approximate surface area is 96.9 Å². The number of amides is 2. The molecule has 2 amide bonds. The minimum absolute atomic E-state index is 0.273. The third-order valence-corrected chi connectivity index (χ3v) is 2.83. The van der Waals surface area contributed by atoms with Crippen LogP contribution in [0.3, 0.4) is 0 Å². The molecule has 4 nitrogen and oxygen atoms in total. The normalized spacial score (nSPS) is 19.8. The Bertz CT molecular complexity index is 276. The Morgan fingerprint density at radius 1 is 1.19 bits per heavy atom. The van der Waals surface area contributed by atoms with Crippen LogP contribution in [-0.4, -0.2) is 48.3 Å². The van der Waals surface area contributed by atoms with Gasteiger partial charge in [-0.2, -0.15) is 0 Å². The summed E-state index contributed by atoms with van der Waals surface area (Å²) in [5.41, 5.74) is 0. The Balaban J connectivity index is 0.000000165. The molecule has 0 aromatic heterocycles. The van der Waals surface area contributed by atoms with Gasteiger partial charge in [0.2, 0.25) is 11.8 Å². The molecule has 0 bridgehead atoms. The third kappa shape index (κ3) is 3.68. The van der Waals surface area contributed by atoms with Gasteiger partial charge in [-0.15, -0.1) is 6.58 Å². The summed E-state index contributed by atoms with van der Waals surface area (Å²) in [5.74, 6) is 0.565. The predicted molar refractivity (Wildman–Crippen MR) is 62.9 cm³/mol. The molecule has 0 aliphatic carbocycles. The molecule has 2 aliphatic rings. The van der Waals surface area contributed by atoms with Gasteiger partial charge in [0.05, 0.1) is 0 Å². The predicted octanol–water partition coefficient (Wildman–Crippen LogP) is 1.03. The zero-order valence-electron chi connectivity index (χ0n) is 9.95. The van der Waals surface area contributed by atoms with Gasteiger partial charge in [-0.3, -0.25) is 9.59 Å². The van der Waals surface area contributed by atoms with Crippen molar-refractivity contribution in [2.45, 2.75) is 25.7 Å². The molecular weight excluding hydrogens is 204 g/mol. The molecule has 0 aromatic carbocycles. The Kier molecular flexibility index (Phi) is 5.02. The highest BCUT2D eigenvalue weighted by Crippen LogP contribution is 2.08. The van der Waals surface area contributed by atoms with Gasteiger partial charge in [-0.25, -0.2) is 0 Å². The summed E-state index contributed by atoms with van der Waals surface area (Å²) in [6.45, 7) is 6.16. The molecule has 0 unspecified atom stereocenters. The summed E-state index contributed by atoms with van der Waals surface area (Å²) in [5, 5.41) is 0. The Morgan fingerprint density at radius 2 is 1.81 bits per heavy atom. The van der Waals surface area contributed by atoms with E-state index in [1.165, 1.54) is 0 Å². The van der Waals surface area contributed by atoms with E-state index < -0.39 is 0 Å². The van der Waals surface area contributed by atoms with E-state index in [-0.39, 0.29) is 5.91 Å². The van der Waals surface area contributed by atoms with Crippen LogP contribution in [-0.2, 0) is 9.59 Å². The number of carbonyl (C=O) groups is 2. The lowest BCUT2D eigenvalue weighted by Crippen LogP contribution is -2.24. The summed E-state index contributed by atoms with van der Waals surface area (Å²) >= 11 is 0. The molecule has 2 aliphatic heterocycles. The zero-order chi connectivity index (χ0) is 12.0. The van der Waals surface area contributed by atoms with E-state index in [2.05, 4.69) is 6.58 Å². The van der Waals surface area contributed by atoms with E-state index in [0.717, 1.165) is 45.3 Å². The van der Waals surface area contributed by atoms with Crippen LogP contribution >= 0.6 is 0 Å². The minimum atomic E-state index is 0.273.